The van der Waals surface area contributed by atoms with Crippen LogP contribution in [-0.4, -0.2) is 41.9 Å². The monoisotopic (exact) mass is 419 g/mol. The number of benzene rings is 2. The topological polar surface area (TPSA) is 61.4 Å². The molecule has 4 fully saturated rings. The molecule has 0 radical (unpaired) electrons. The standard InChI is InChI=1S/C26H33N3O2/c1-17(25(31)28-26-13-18-10-19(14-26)12-20(11-18)15-26)29(2)16-24(30)27-23-9-5-7-21-6-3-4-8-22(21)23/h3-9,17-20H,10-16H2,1-2H3,(H,27,30)(H,28,31)/t17-,18?,19?,20?,26?/m1/s1. The molecule has 0 aliphatic heterocycles. The zero-order chi connectivity index (χ0) is 21.6. The Morgan fingerprint density at radius 1 is 1.00 bits per heavy atom. The van der Waals surface area contributed by atoms with Crippen LogP contribution in [0.25, 0.3) is 10.8 Å². The second kappa shape index (κ2) is 7.94. The average Bonchev–Trinajstić information content (AvgIpc) is 2.72. The van der Waals surface area contributed by atoms with Gasteiger partial charge in [0.05, 0.1) is 12.6 Å². The zero-order valence-electron chi connectivity index (χ0n) is 18.6. The quantitative estimate of drug-likeness (QED) is 0.738. The van der Waals surface area contributed by atoms with Gasteiger partial charge in [-0.05, 0) is 81.7 Å². The van der Waals surface area contributed by atoms with Gasteiger partial charge in [-0.3, -0.25) is 14.5 Å². The lowest BCUT2D eigenvalue weighted by atomic mass is 9.53. The van der Waals surface area contributed by atoms with Crippen LogP contribution in [0.1, 0.15) is 45.4 Å². The van der Waals surface area contributed by atoms with Crippen molar-refractivity contribution in [1.29, 1.82) is 0 Å². The third-order valence-electron chi connectivity index (χ3n) is 7.92. The summed E-state index contributed by atoms with van der Waals surface area (Å²) in [7, 11) is 1.85. The van der Waals surface area contributed by atoms with E-state index in [0.29, 0.717) is 0 Å². The number of rotatable bonds is 6. The smallest absolute Gasteiger partial charge is 0.238 e. The van der Waals surface area contributed by atoms with Gasteiger partial charge in [-0.1, -0.05) is 36.4 Å². The van der Waals surface area contributed by atoms with Gasteiger partial charge in [0.15, 0.2) is 0 Å². The lowest BCUT2D eigenvalue weighted by molar-refractivity contribution is -0.131. The van der Waals surface area contributed by atoms with E-state index in [-0.39, 0.29) is 29.9 Å². The van der Waals surface area contributed by atoms with Crippen LogP contribution in [0.15, 0.2) is 42.5 Å². The van der Waals surface area contributed by atoms with E-state index < -0.39 is 0 Å². The van der Waals surface area contributed by atoms with Crippen molar-refractivity contribution in [2.24, 2.45) is 17.8 Å². The van der Waals surface area contributed by atoms with E-state index >= 15 is 0 Å². The normalized spacial score (nSPS) is 29.8. The van der Waals surface area contributed by atoms with Crippen molar-refractivity contribution < 1.29 is 9.59 Å². The van der Waals surface area contributed by atoms with Gasteiger partial charge < -0.3 is 10.6 Å². The minimum Gasteiger partial charge on any atom is -0.349 e. The number of hydrogen-bond acceptors (Lipinski definition) is 3. The number of fused-ring (bicyclic) bond motifs is 1. The fraction of sp³-hybridized carbons (Fsp3) is 0.538. The maximum absolute atomic E-state index is 13.1. The average molecular weight is 420 g/mol. The molecule has 164 valence electrons. The Morgan fingerprint density at radius 3 is 2.29 bits per heavy atom. The molecule has 0 saturated heterocycles. The van der Waals surface area contributed by atoms with E-state index in [0.717, 1.165) is 53.5 Å². The van der Waals surface area contributed by atoms with Crippen LogP contribution in [0.5, 0.6) is 0 Å². The highest BCUT2D eigenvalue weighted by atomic mass is 16.2. The summed E-state index contributed by atoms with van der Waals surface area (Å²) in [6, 6.07) is 13.6. The van der Waals surface area contributed by atoms with Gasteiger partial charge in [0, 0.05) is 16.6 Å². The SMILES string of the molecule is C[C@H](C(=O)NC12CC3CC(CC(C3)C1)C2)N(C)CC(=O)Nc1cccc2ccccc12. The number of nitrogens with zero attached hydrogens (tertiary/aromatic N) is 1. The molecule has 2 aromatic rings. The summed E-state index contributed by atoms with van der Waals surface area (Å²) in [5.74, 6) is 2.35. The van der Waals surface area contributed by atoms with Crippen molar-refractivity contribution in [3.05, 3.63) is 42.5 Å². The lowest BCUT2D eigenvalue weighted by Crippen LogP contribution is -2.62. The van der Waals surface area contributed by atoms with Crippen molar-refractivity contribution in [3.63, 3.8) is 0 Å². The number of likely N-dealkylation sites (N-methyl/N-ethyl adjacent to an activating group) is 1. The van der Waals surface area contributed by atoms with E-state index in [4.69, 9.17) is 0 Å². The summed E-state index contributed by atoms with van der Waals surface area (Å²) in [6.45, 7) is 2.08. The Balaban J connectivity index is 1.19. The first-order chi connectivity index (χ1) is 14.9. The van der Waals surface area contributed by atoms with Gasteiger partial charge in [-0.25, -0.2) is 0 Å². The third kappa shape index (κ3) is 4.08. The Labute approximate surface area is 184 Å². The van der Waals surface area contributed by atoms with Gasteiger partial charge in [0.2, 0.25) is 11.8 Å². The predicted molar refractivity (Wildman–Crippen MR) is 124 cm³/mol. The summed E-state index contributed by atoms with van der Waals surface area (Å²) in [5.41, 5.74) is 0.814. The van der Waals surface area contributed by atoms with Crippen molar-refractivity contribution in [2.75, 3.05) is 18.9 Å². The largest absolute Gasteiger partial charge is 0.349 e. The Hall–Kier alpha value is -2.40. The second-order valence-corrected chi connectivity index (χ2v) is 10.4. The summed E-state index contributed by atoms with van der Waals surface area (Å²) in [5, 5.41) is 8.58. The molecule has 5 nitrogen and oxygen atoms in total. The van der Waals surface area contributed by atoms with E-state index in [9.17, 15) is 9.59 Å². The highest BCUT2D eigenvalue weighted by molar-refractivity contribution is 6.02. The number of hydrogen-bond donors (Lipinski definition) is 2. The first-order valence-electron chi connectivity index (χ1n) is 11.7. The molecule has 1 atom stereocenters. The summed E-state index contributed by atoms with van der Waals surface area (Å²) >= 11 is 0. The fourth-order valence-corrected chi connectivity index (χ4v) is 6.72. The van der Waals surface area contributed by atoms with E-state index in [1.165, 1.54) is 19.3 Å². The van der Waals surface area contributed by atoms with Gasteiger partial charge in [-0.2, -0.15) is 0 Å². The van der Waals surface area contributed by atoms with Crippen LogP contribution in [0.3, 0.4) is 0 Å². The molecular formula is C26H33N3O2. The van der Waals surface area contributed by atoms with Crippen molar-refractivity contribution in [2.45, 2.75) is 57.0 Å². The van der Waals surface area contributed by atoms with E-state index in [1.807, 2.05) is 61.3 Å². The molecular weight excluding hydrogens is 386 g/mol. The minimum absolute atomic E-state index is 0.00610. The maximum atomic E-state index is 13.1. The molecule has 0 unspecified atom stereocenters. The lowest BCUT2D eigenvalue weighted by Gasteiger charge is -2.57. The molecule has 0 spiro atoms. The highest BCUT2D eigenvalue weighted by Crippen LogP contribution is 2.55. The van der Waals surface area contributed by atoms with Crippen molar-refractivity contribution in [1.82, 2.24) is 10.2 Å². The van der Waals surface area contributed by atoms with Gasteiger partial charge in [0.25, 0.3) is 0 Å². The Morgan fingerprint density at radius 2 is 1.61 bits per heavy atom. The van der Waals surface area contributed by atoms with Crippen LogP contribution in [0, 0.1) is 17.8 Å². The van der Waals surface area contributed by atoms with Gasteiger partial charge >= 0.3 is 0 Å². The molecule has 31 heavy (non-hydrogen) atoms. The first kappa shape index (κ1) is 20.5. The molecule has 4 aliphatic rings. The molecule has 2 amide bonds. The minimum atomic E-state index is -0.341. The molecule has 4 bridgehead atoms. The fourth-order valence-electron chi connectivity index (χ4n) is 6.72. The van der Waals surface area contributed by atoms with Gasteiger partial charge in [0.1, 0.15) is 0 Å². The Bertz CT molecular complexity index is 961. The number of carbonyl (C=O) groups excluding carboxylic acids is 2. The van der Waals surface area contributed by atoms with Crippen LogP contribution in [0.2, 0.25) is 0 Å². The molecule has 6 rings (SSSR count). The van der Waals surface area contributed by atoms with Crippen LogP contribution < -0.4 is 10.6 Å². The predicted octanol–water partition coefficient (Wildman–Crippen LogP) is 4.18. The number of anilines is 1. The molecule has 0 heterocycles. The molecule has 4 aliphatic carbocycles. The second-order valence-electron chi connectivity index (χ2n) is 10.4. The molecule has 2 aromatic carbocycles. The Kier molecular flexibility index (Phi) is 5.25. The number of carbonyl (C=O) groups is 2. The third-order valence-corrected chi connectivity index (χ3v) is 7.92. The summed E-state index contributed by atoms with van der Waals surface area (Å²) < 4.78 is 0. The van der Waals surface area contributed by atoms with Gasteiger partial charge in [-0.15, -0.1) is 0 Å². The molecule has 2 N–H and O–H groups in total. The molecule has 0 aromatic heterocycles. The first-order valence-corrected chi connectivity index (χ1v) is 11.7. The highest BCUT2D eigenvalue weighted by Gasteiger charge is 2.51. The summed E-state index contributed by atoms with van der Waals surface area (Å²) in [6.07, 6.45) is 7.50. The van der Waals surface area contributed by atoms with Crippen molar-refractivity contribution >= 4 is 28.3 Å². The molecule has 4 saturated carbocycles. The van der Waals surface area contributed by atoms with Crippen molar-refractivity contribution in [3.8, 4) is 0 Å². The van der Waals surface area contributed by atoms with Crippen LogP contribution in [0.4, 0.5) is 5.69 Å². The van der Waals surface area contributed by atoms with Crippen LogP contribution >= 0.6 is 0 Å². The van der Waals surface area contributed by atoms with Crippen LogP contribution in [-0.2, 0) is 9.59 Å². The number of nitrogens with one attached hydrogen (secondary N) is 2. The van der Waals surface area contributed by atoms with E-state index in [2.05, 4.69) is 10.6 Å². The maximum Gasteiger partial charge on any atom is 0.238 e. The molecule has 5 heteroatoms. The zero-order valence-corrected chi connectivity index (χ0v) is 18.6. The summed E-state index contributed by atoms with van der Waals surface area (Å²) in [4.78, 5) is 27.7. The van der Waals surface area contributed by atoms with E-state index in [1.54, 1.807) is 0 Å². The number of amides is 2.